The number of nitrogens with one attached hydrogen (secondary N) is 2. The highest BCUT2D eigenvalue weighted by atomic mass is 16.1. The molecule has 0 aliphatic rings. The number of carbonyl (C=O) groups excluding carboxylic acids is 1. The van der Waals surface area contributed by atoms with Gasteiger partial charge in [0.25, 0.3) is 5.91 Å². The van der Waals surface area contributed by atoms with Gasteiger partial charge < -0.3 is 10.6 Å². The molecule has 1 aromatic heterocycles. The maximum atomic E-state index is 11.5. The maximum absolute atomic E-state index is 11.5. The summed E-state index contributed by atoms with van der Waals surface area (Å²) in [6, 6.07) is 3.51. The Bertz CT molecular complexity index is 287. The minimum atomic E-state index is -0.0559. The summed E-state index contributed by atoms with van der Waals surface area (Å²) in [5.74, 6) is -0.0559. The van der Waals surface area contributed by atoms with Crippen LogP contribution in [0.1, 0.15) is 23.7 Å². The highest BCUT2D eigenvalue weighted by molar-refractivity contribution is 5.93. The molecule has 1 rings (SSSR count). The fourth-order valence-electron chi connectivity index (χ4n) is 1.19. The first-order valence-corrected chi connectivity index (χ1v) is 5.23. The summed E-state index contributed by atoms with van der Waals surface area (Å²) in [5, 5.41) is 6.04. The van der Waals surface area contributed by atoms with Crippen LogP contribution in [-0.4, -0.2) is 30.5 Å². The third-order valence-corrected chi connectivity index (χ3v) is 1.99. The normalized spacial score (nSPS) is 9.93. The van der Waals surface area contributed by atoms with Gasteiger partial charge in [-0.15, -0.1) is 0 Å². The summed E-state index contributed by atoms with van der Waals surface area (Å²) in [5.41, 5.74) is 0.612. The lowest BCUT2D eigenvalue weighted by Crippen LogP contribution is -2.27. The molecule has 1 aromatic rings. The molecule has 0 radical (unpaired) electrons. The number of carbonyl (C=O) groups is 1. The SMILES string of the molecule is CCNCCCNC(=O)c1cccnc1. The molecular weight excluding hydrogens is 190 g/mol. The van der Waals surface area contributed by atoms with Gasteiger partial charge in [0.05, 0.1) is 5.56 Å². The number of pyridine rings is 1. The molecule has 0 aliphatic heterocycles. The van der Waals surface area contributed by atoms with Crippen LogP contribution >= 0.6 is 0 Å². The molecule has 2 N–H and O–H groups in total. The second-order valence-corrected chi connectivity index (χ2v) is 3.20. The highest BCUT2D eigenvalue weighted by Crippen LogP contribution is 1.94. The molecule has 0 aromatic carbocycles. The van der Waals surface area contributed by atoms with E-state index in [0.29, 0.717) is 12.1 Å². The number of amides is 1. The number of hydrogen-bond acceptors (Lipinski definition) is 3. The number of aromatic nitrogens is 1. The number of nitrogens with zero attached hydrogens (tertiary/aromatic N) is 1. The van der Waals surface area contributed by atoms with Crippen molar-refractivity contribution >= 4 is 5.91 Å². The third-order valence-electron chi connectivity index (χ3n) is 1.99. The summed E-state index contributed by atoms with van der Waals surface area (Å²) in [6.45, 7) is 4.66. The molecule has 1 heterocycles. The first kappa shape index (κ1) is 11.7. The van der Waals surface area contributed by atoms with Crippen molar-refractivity contribution in [3.8, 4) is 0 Å². The number of rotatable bonds is 6. The minimum absolute atomic E-state index is 0.0559. The predicted octanol–water partition coefficient (Wildman–Crippen LogP) is 0.811. The quantitative estimate of drug-likeness (QED) is 0.679. The molecule has 0 atom stereocenters. The standard InChI is InChI=1S/C11H17N3O/c1-2-12-7-4-8-14-11(15)10-5-3-6-13-9-10/h3,5-6,9,12H,2,4,7-8H2,1H3,(H,14,15). The Kier molecular flexibility index (Phi) is 5.40. The summed E-state index contributed by atoms with van der Waals surface area (Å²) < 4.78 is 0. The molecule has 0 saturated carbocycles. The Morgan fingerprint density at radius 3 is 3.00 bits per heavy atom. The lowest BCUT2D eigenvalue weighted by molar-refractivity contribution is 0.0953. The van der Waals surface area contributed by atoms with E-state index >= 15 is 0 Å². The van der Waals surface area contributed by atoms with E-state index in [9.17, 15) is 4.79 Å². The molecule has 1 amide bonds. The van der Waals surface area contributed by atoms with Crippen LogP contribution in [0.4, 0.5) is 0 Å². The largest absolute Gasteiger partial charge is 0.352 e. The van der Waals surface area contributed by atoms with Crippen LogP contribution in [0.15, 0.2) is 24.5 Å². The Morgan fingerprint density at radius 2 is 2.33 bits per heavy atom. The molecule has 4 heteroatoms. The monoisotopic (exact) mass is 207 g/mol. The van der Waals surface area contributed by atoms with Crippen molar-refractivity contribution in [2.24, 2.45) is 0 Å². The predicted molar refractivity (Wildman–Crippen MR) is 59.7 cm³/mol. The van der Waals surface area contributed by atoms with Crippen molar-refractivity contribution in [1.29, 1.82) is 0 Å². The summed E-state index contributed by atoms with van der Waals surface area (Å²) >= 11 is 0. The van der Waals surface area contributed by atoms with Gasteiger partial charge in [-0.25, -0.2) is 0 Å². The van der Waals surface area contributed by atoms with Gasteiger partial charge in [0, 0.05) is 18.9 Å². The van der Waals surface area contributed by atoms with E-state index in [1.54, 1.807) is 24.5 Å². The molecule has 15 heavy (non-hydrogen) atoms. The van der Waals surface area contributed by atoms with Gasteiger partial charge in [0.1, 0.15) is 0 Å². The fourth-order valence-corrected chi connectivity index (χ4v) is 1.19. The maximum Gasteiger partial charge on any atom is 0.252 e. The molecule has 0 fully saturated rings. The zero-order valence-corrected chi connectivity index (χ0v) is 8.99. The zero-order valence-electron chi connectivity index (χ0n) is 8.99. The summed E-state index contributed by atoms with van der Waals surface area (Å²) in [4.78, 5) is 15.4. The minimum Gasteiger partial charge on any atom is -0.352 e. The van der Waals surface area contributed by atoms with Crippen LogP contribution in [0.2, 0.25) is 0 Å². The topological polar surface area (TPSA) is 54.0 Å². The van der Waals surface area contributed by atoms with Gasteiger partial charge in [-0.2, -0.15) is 0 Å². The average Bonchev–Trinajstić information content (AvgIpc) is 2.30. The molecule has 0 saturated heterocycles. The van der Waals surface area contributed by atoms with Crippen molar-refractivity contribution < 1.29 is 4.79 Å². The lowest BCUT2D eigenvalue weighted by Gasteiger charge is -2.04. The smallest absolute Gasteiger partial charge is 0.252 e. The van der Waals surface area contributed by atoms with Crippen molar-refractivity contribution in [2.45, 2.75) is 13.3 Å². The van der Waals surface area contributed by atoms with Gasteiger partial charge >= 0.3 is 0 Å². The molecule has 0 bridgehead atoms. The molecule has 0 aliphatic carbocycles. The van der Waals surface area contributed by atoms with E-state index in [1.165, 1.54) is 0 Å². The second kappa shape index (κ2) is 6.95. The van der Waals surface area contributed by atoms with Gasteiger partial charge in [0.2, 0.25) is 0 Å². The van der Waals surface area contributed by atoms with E-state index in [0.717, 1.165) is 19.5 Å². The Morgan fingerprint density at radius 1 is 1.47 bits per heavy atom. The first-order valence-electron chi connectivity index (χ1n) is 5.23. The summed E-state index contributed by atoms with van der Waals surface area (Å²) in [6.07, 6.45) is 4.17. The first-order chi connectivity index (χ1) is 7.34. The van der Waals surface area contributed by atoms with Gasteiger partial charge in [-0.3, -0.25) is 9.78 Å². The zero-order chi connectivity index (χ0) is 10.9. The van der Waals surface area contributed by atoms with E-state index in [4.69, 9.17) is 0 Å². The van der Waals surface area contributed by atoms with Crippen molar-refractivity contribution in [1.82, 2.24) is 15.6 Å². The molecule has 0 unspecified atom stereocenters. The van der Waals surface area contributed by atoms with E-state index in [1.807, 2.05) is 0 Å². The van der Waals surface area contributed by atoms with Gasteiger partial charge in [-0.1, -0.05) is 6.92 Å². The van der Waals surface area contributed by atoms with Crippen LogP contribution in [0.5, 0.6) is 0 Å². The Labute approximate surface area is 90.1 Å². The molecular formula is C11H17N3O. The van der Waals surface area contributed by atoms with Crippen LogP contribution < -0.4 is 10.6 Å². The molecule has 4 nitrogen and oxygen atoms in total. The van der Waals surface area contributed by atoms with Gasteiger partial charge in [0.15, 0.2) is 0 Å². The summed E-state index contributed by atoms with van der Waals surface area (Å²) in [7, 11) is 0. The highest BCUT2D eigenvalue weighted by Gasteiger charge is 2.02. The van der Waals surface area contributed by atoms with E-state index < -0.39 is 0 Å². The average molecular weight is 207 g/mol. The van der Waals surface area contributed by atoms with Crippen LogP contribution in [0.25, 0.3) is 0 Å². The van der Waals surface area contributed by atoms with Crippen LogP contribution in [-0.2, 0) is 0 Å². The Balaban J connectivity index is 2.20. The van der Waals surface area contributed by atoms with Crippen molar-refractivity contribution in [3.63, 3.8) is 0 Å². The van der Waals surface area contributed by atoms with Gasteiger partial charge in [-0.05, 0) is 31.6 Å². The van der Waals surface area contributed by atoms with Crippen LogP contribution in [0, 0.1) is 0 Å². The van der Waals surface area contributed by atoms with E-state index in [-0.39, 0.29) is 5.91 Å². The van der Waals surface area contributed by atoms with E-state index in [2.05, 4.69) is 22.5 Å². The van der Waals surface area contributed by atoms with Crippen molar-refractivity contribution in [3.05, 3.63) is 30.1 Å². The molecule has 0 spiro atoms. The second-order valence-electron chi connectivity index (χ2n) is 3.20. The lowest BCUT2D eigenvalue weighted by atomic mass is 10.2. The fraction of sp³-hybridized carbons (Fsp3) is 0.455. The van der Waals surface area contributed by atoms with Crippen molar-refractivity contribution in [2.75, 3.05) is 19.6 Å². The molecule has 82 valence electrons. The van der Waals surface area contributed by atoms with Crippen LogP contribution in [0.3, 0.4) is 0 Å². The third kappa shape index (κ3) is 4.56. The number of hydrogen-bond donors (Lipinski definition) is 2. The Hall–Kier alpha value is -1.42.